The first kappa shape index (κ1) is 14.0. The van der Waals surface area contributed by atoms with Crippen LogP contribution < -0.4 is 9.47 Å². The molecule has 1 aromatic carbocycles. The standard InChI is InChI=1S/C13H15F3O3/c1-12(2,7-17)8-5-10-11(19-4-3-18-10)6-9(8)13(14,15)16/h5-6,17H,3-4,7H2,1-2H3. The van der Waals surface area contributed by atoms with Crippen LogP contribution in [0.4, 0.5) is 13.2 Å². The van der Waals surface area contributed by atoms with Crippen LogP contribution in [0.25, 0.3) is 0 Å². The lowest BCUT2D eigenvalue weighted by molar-refractivity contribution is -0.139. The Morgan fingerprint density at radius 2 is 1.53 bits per heavy atom. The molecule has 0 aliphatic carbocycles. The first-order chi connectivity index (χ1) is 8.75. The first-order valence-electron chi connectivity index (χ1n) is 5.88. The summed E-state index contributed by atoms with van der Waals surface area (Å²) >= 11 is 0. The summed E-state index contributed by atoms with van der Waals surface area (Å²) in [6.45, 7) is 3.24. The van der Waals surface area contributed by atoms with Crippen molar-refractivity contribution < 1.29 is 27.8 Å². The van der Waals surface area contributed by atoms with Crippen LogP contribution in [-0.2, 0) is 11.6 Å². The summed E-state index contributed by atoms with van der Waals surface area (Å²) in [6.07, 6.45) is -4.50. The van der Waals surface area contributed by atoms with E-state index in [2.05, 4.69) is 0 Å². The van der Waals surface area contributed by atoms with Crippen molar-refractivity contribution in [1.29, 1.82) is 0 Å². The minimum Gasteiger partial charge on any atom is -0.486 e. The number of alkyl halides is 3. The number of halogens is 3. The highest BCUT2D eigenvalue weighted by Crippen LogP contribution is 2.44. The Kier molecular flexibility index (Phi) is 3.38. The Labute approximate surface area is 108 Å². The SMILES string of the molecule is CC(C)(CO)c1cc2c(cc1C(F)(F)F)OCCO2. The fraction of sp³-hybridized carbons (Fsp3) is 0.538. The van der Waals surface area contributed by atoms with Crippen LogP contribution in [0.1, 0.15) is 25.0 Å². The number of fused-ring (bicyclic) bond motifs is 1. The lowest BCUT2D eigenvalue weighted by Crippen LogP contribution is -2.27. The predicted molar refractivity (Wildman–Crippen MR) is 62.5 cm³/mol. The third-order valence-electron chi connectivity index (χ3n) is 3.11. The van der Waals surface area contributed by atoms with Crippen molar-refractivity contribution in [3.8, 4) is 11.5 Å². The zero-order valence-electron chi connectivity index (χ0n) is 10.7. The molecule has 0 unspecified atom stereocenters. The lowest BCUT2D eigenvalue weighted by atomic mass is 9.82. The van der Waals surface area contributed by atoms with Gasteiger partial charge in [0.2, 0.25) is 0 Å². The average molecular weight is 276 g/mol. The summed E-state index contributed by atoms with van der Waals surface area (Å²) in [6, 6.07) is 2.26. The molecule has 0 atom stereocenters. The normalized spacial score (nSPS) is 15.5. The molecule has 2 rings (SSSR count). The molecule has 0 bridgehead atoms. The number of aliphatic hydroxyl groups excluding tert-OH is 1. The monoisotopic (exact) mass is 276 g/mol. The van der Waals surface area contributed by atoms with Crippen LogP contribution in [0.5, 0.6) is 11.5 Å². The van der Waals surface area contributed by atoms with Crippen molar-refractivity contribution in [3.05, 3.63) is 23.3 Å². The minimum absolute atomic E-state index is 0.00625. The van der Waals surface area contributed by atoms with Gasteiger partial charge < -0.3 is 14.6 Å². The Hall–Kier alpha value is -1.43. The topological polar surface area (TPSA) is 38.7 Å². The Balaban J connectivity index is 2.62. The van der Waals surface area contributed by atoms with E-state index in [0.717, 1.165) is 6.07 Å². The van der Waals surface area contributed by atoms with Gasteiger partial charge in [-0.05, 0) is 17.7 Å². The summed E-state index contributed by atoms with van der Waals surface area (Å²) in [5.74, 6) is 0.381. The molecule has 19 heavy (non-hydrogen) atoms. The Bertz CT molecular complexity index is 481. The van der Waals surface area contributed by atoms with E-state index >= 15 is 0 Å². The van der Waals surface area contributed by atoms with E-state index in [-0.39, 0.29) is 23.7 Å². The molecule has 1 heterocycles. The quantitative estimate of drug-likeness (QED) is 0.902. The summed E-state index contributed by atoms with van der Waals surface area (Å²) in [4.78, 5) is 0. The molecular weight excluding hydrogens is 261 g/mol. The van der Waals surface area contributed by atoms with Crippen LogP contribution in [-0.4, -0.2) is 24.9 Å². The minimum atomic E-state index is -4.50. The average Bonchev–Trinajstić information content (AvgIpc) is 2.36. The van der Waals surface area contributed by atoms with Gasteiger partial charge in [-0.25, -0.2) is 0 Å². The van der Waals surface area contributed by atoms with Crippen molar-refractivity contribution in [1.82, 2.24) is 0 Å². The number of hydrogen-bond donors (Lipinski definition) is 1. The van der Waals surface area contributed by atoms with E-state index < -0.39 is 23.8 Å². The molecule has 0 fully saturated rings. The van der Waals surface area contributed by atoms with Crippen molar-refractivity contribution >= 4 is 0 Å². The highest BCUT2D eigenvalue weighted by molar-refractivity contribution is 5.51. The molecule has 0 radical (unpaired) electrons. The molecule has 0 spiro atoms. The highest BCUT2D eigenvalue weighted by Gasteiger charge is 2.39. The molecule has 0 amide bonds. The zero-order chi connectivity index (χ0) is 14.3. The smallest absolute Gasteiger partial charge is 0.416 e. The molecule has 1 aliphatic heterocycles. The Morgan fingerprint density at radius 3 is 1.95 bits per heavy atom. The van der Waals surface area contributed by atoms with Crippen LogP contribution in [0.3, 0.4) is 0 Å². The van der Waals surface area contributed by atoms with E-state index in [4.69, 9.17) is 9.47 Å². The second-order valence-electron chi connectivity index (χ2n) is 5.08. The number of ether oxygens (including phenoxy) is 2. The molecule has 0 saturated carbocycles. The van der Waals surface area contributed by atoms with Crippen LogP contribution in [0.2, 0.25) is 0 Å². The molecule has 1 N–H and O–H groups in total. The fourth-order valence-electron chi connectivity index (χ4n) is 1.97. The molecule has 106 valence electrons. The second kappa shape index (κ2) is 4.59. The highest BCUT2D eigenvalue weighted by atomic mass is 19.4. The molecule has 0 saturated heterocycles. The van der Waals surface area contributed by atoms with E-state index in [1.165, 1.54) is 6.07 Å². The third-order valence-corrected chi connectivity index (χ3v) is 3.11. The summed E-state index contributed by atoms with van der Waals surface area (Å²) in [7, 11) is 0. The van der Waals surface area contributed by atoms with Crippen LogP contribution in [0, 0.1) is 0 Å². The van der Waals surface area contributed by atoms with E-state index in [1.54, 1.807) is 13.8 Å². The predicted octanol–water partition coefficient (Wildman–Crippen LogP) is 2.75. The van der Waals surface area contributed by atoms with Gasteiger partial charge in [0.05, 0.1) is 12.2 Å². The lowest BCUT2D eigenvalue weighted by Gasteiger charge is -2.29. The molecule has 6 heteroatoms. The number of aliphatic hydroxyl groups is 1. The fourth-order valence-corrected chi connectivity index (χ4v) is 1.97. The third kappa shape index (κ3) is 2.63. The maximum absolute atomic E-state index is 13.1. The van der Waals surface area contributed by atoms with Crippen molar-refractivity contribution in [2.75, 3.05) is 19.8 Å². The number of rotatable bonds is 2. The van der Waals surface area contributed by atoms with Gasteiger partial charge >= 0.3 is 6.18 Å². The van der Waals surface area contributed by atoms with Gasteiger partial charge in [-0.2, -0.15) is 13.2 Å². The van der Waals surface area contributed by atoms with Gasteiger partial charge in [0.1, 0.15) is 13.2 Å². The van der Waals surface area contributed by atoms with Gasteiger partial charge in [0, 0.05) is 5.41 Å². The molecule has 1 aliphatic rings. The van der Waals surface area contributed by atoms with E-state index in [0.29, 0.717) is 6.61 Å². The number of hydrogen-bond acceptors (Lipinski definition) is 3. The van der Waals surface area contributed by atoms with E-state index in [9.17, 15) is 18.3 Å². The van der Waals surface area contributed by atoms with E-state index in [1.807, 2.05) is 0 Å². The number of benzene rings is 1. The van der Waals surface area contributed by atoms with Crippen LogP contribution >= 0.6 is 0 Å². The zero-order valence-corrected chi connectivity index (χ0v) is 10.7. The van der Waals surface area contributed by atoms with Crippen molar-refractivity contribution in [2.24, 2.45) is 0 Å². The summed E-state index contributed by atoms with van der Waals surface area (Å²) < 4.78 is 49.8. The van der Waals surface area contributed by atoms with Crippen molar-refractivity contribution in [3.63, 3.8) is 0 Å². The molecule has 0 aromatic heterocycles. The largest absolute Gasteiger partial charge is 0.486 e. The van der Waals surface area contributed by atoms with Crippen molar-refractivity contribution in [2.45, 2.75) is 25.4 Å². The molecule has 3 nitrogen and oxygen atoms in total. The second-order valence-corrected chi connectivity index (χ2v) is 5.08. The Morgan fingerprint density at radius 1 is 1.05 bits per heavy atom. The van der Waals surface area contributed by atoms with Gasteiger partial charge in [-0.3, -0.25) is 0 Å². The maximum Gasteiger partial charge on any atom is 0.416 e. The maximum atomic E-state index is 13.1. The first-order valence-corrected chi connectivity index (χ1v) is 5.88. The van der Waals surface area contributed by atoms with Gasteiger partial charge in [-0.1, -0.05) is 13.8 Å². The summed E-state index contributed by atoms with van der Waals surface area (Å²) in [5, 5.41) is 9.30. The van der Waals surface area contributed by atoms with Crippen LogP contribution in [0.15, 0.2) is 12.1 Å². The van der Waals surface area contributed by atoms with Gasteiger partial charge in [0.25, 0.3) is 0 Å². The molecule has 1 aromatic rings. The summed E-state index contributed by atoms with van der Waals surface area (Å²) in [5.41, 5.74) is -1.80. The van der Waals surface area contributed by atoms with Gasteiger partial charge in [-0.15, -0.1) is 0 Å². The molecular formula is C13H15F3O3. The van der Waals surface area contributed by atoms with Gasteiger partial charge in [0.15, 0.2) is 11.5 Å².